The zero-order valence-corrected chi connectivity index (χ0v) is 11.1. The number of hydrogen-bond acceptors (Lipinski definition) is 3. The fourth-order valence-corrected chi connectivity index (χ4v) is 2.05. The number of aromatic nitrogens is 1. The van der Waals surface area contributed by atoms with Crippen LogP contribution in [0, 0.1) is 5.92 Å². The molecule has 0 spiro atoms. The van der Waals surface area contributed by atoms with Crippen molar-refractivity contribution in [2.24, 2.45) is 11.7 Å². The van der Waals surface area contributed by atoms with E-state index in [2.05, 4.69) is 35.9 Å². The van der Waals surface area contributed by atoms with Crippen LogP contribution in [0.4, 0.5) is 5.82 Å². The predicted octanol–water partition coefficient (Wildman–Crippen LogP) is 2.73. The summed E-state index contributed by atoms with van der Waals surface area (Å²) in [6.45, 7) is 7.59. The van der Waals surface area contributed by atoms with Crippen LogP contribution < -0.4 is 10.6 Å². The third-order valence-electron chi connectivity index (χ3n) is 3.14. The molecule has 2 N–H and O–H groups in total. The van der Waals surface area contributed by atoms with Crippen LogP contribution >= 0.6 is 0 Å². The minimum absolute atomic E-state index is 0.0658. The van der Waals surface area contributed by atoms with Gasteiger partial charge in [0.05, 0.1) is 0 Å². The van der Waals surface area contributed by atoms with Crippen LogP contribution in [0.15, 0.2) is 18.3 Å². The van der Waals surface area contributed by atoms with Crippen LogP contribution in [-0.2, 0) is 0 Å². The van der Waals surface area contributed by atoms with Gasteiger partial charge in [0.25, 0.3) is 0 Å². The summed E-state index contributed by atoms with van der Waals surface area (Å²) in [6, 6.07) is 4.99. The first-order chi connectivity index (χ1) is 8.08. The van der Waals surface area contributed by atoms with E-state index in [0.29, 0.717) is 12.0 Å². The van der Waals surface area contributed by atoms with Crippen molar-refractivity contribution in [3.05, 3.63) is 23.9 Å². The molecular weight excluding hydrogens is 210 g/mol. The second-order valence-corrected chi connectivity index (χ2v) is 5.52. The Morgan fingerprint density at radius 1 is 1.35 bits per heavy atom. The maximum absolute atomic E-state index is 5.84. The van der Waals surface area contributed by atoms with Crippen molar-refractivity contribution >= 4 is 5.82 Å². The van der Waals surface area contributed by atoms with Gasteiger partial charge < -0.3 is 10.6 Å². The van der Waals surface area contributed by atoms with E-state index in [1.54, 1.807) is 0 Å². The van der Waals surface area contributed by atoms with Gasteiger partial charge in [-0.15, -0.1) is 0 Å². The first kappa shape index (κ1) is 12.4. The topological polar surface area (TPSA) is 42.1 Å². The molecule has 0 bridgehead atoms. The Bertz CT molecular complexity index is 352. The van der Waals surface area contributed by atoms with Crippen molar-refractivity contribution in [3.8, 4) is 0 Å². The summed E-state index contributed by atoms with van der Waals surface area (Å²) in [5, 5.41) is 0. The van der Waals surface area contributed by atoms with E-state index in [0.717, 1.165) is 17.9 Å². The SMILES string of the molecule is CC(C)CN(c1ccc([C@H](C)N)cn1)C1CC1. The molecule has 3 nitrogen and oxygen atoms in total. The normalized spacial score (nSPS) is 17.2. The highest BCUT2D eigenvalue weighted by Gasteiger charge is 2.30. The molecule has 1 aliphatic carbocycles. The molecule has 1 aromatic heterocycles. The Labute approximate surface area is 104 Å². The van der Waals surface area contributed by atoms with Crippen LogP contribution in [-0.4, -0.2) is 17.6 Å². The first-order valence-corrected chi connectivity index (χ1v) is 6.56. The third kappa shape index (κ3) is 3.19. The zero-order chi connectivity index (χ0) is 12.4. The molecule has 0 saturated heterocycles. The lowest BCUT2D eigenvalue weighted by atomic mass is 10.1. The van der Waals surface area contributed by atoms with E-state index in [1.807, 2.05) is 13.1 Å². The number of hydrogen-bond donors (Lipinski definition) is 1. The molecule has 0 aromatic carbocycles. The molecule has 17 heavy (non-hydrogen) atoms. The summed E-state index contributed by atoms with van der Waals surface area (Å²) in [7, 11) is 0. The number of nitrogens with zero attached hydrogens (tertiary/aromatic N) is 2. The molecule has 2 rings (SSSR count). The summed E-state index contributed by atoms with van der Waals surface area (Å²) >= 11 is 0. The average Bonchev–Trinajstić information content (AvgIpc) is 3.09. The number of anilines is 1. The van der Waals surface area contributed by atoms with Gasteiger partial charge in [-0.3, -0.25) is 0 Å². The predicted molar refractivity (Wildman–Crippen MR) is 72.0 cm³/mol. The van der Waals surface area contributed by atoms with E-state index in [-0.39, 0.29) is 6.04 Å². The van der Waals surface area contributed by atoms with Crippen LogP contribution in [0.1, 0.15) is 45.2 Å². The van der Waals surface area contributed by atoms with Gasteiger partial charge in [-0.05, 0) is 37.3 Å². The Morgan fingerprint density at radius 3 is 2.47 bits per heavy atom. The summed E-state index contributed by atoms with van der Waals surface area (Å²) in [4.78, 5) is 7.00. The van der Waals surface area contributed by atoms with Crippen LogP contribution in [0.3, 0.4) is 0 Å². The van der Waals surface area contributed by atoms with E-state index in [1.165, 1.54) is 12.8 Å². The summed E-state index contributed by atoms with van der Waals surface area (Å²) < 4.78 is 0. The van der Waals surface area contributed by atoms with Crippen LogP contribution in [0.5, 0.6) is 0 Å². The smallest absolute Gasteiger partial charge is 0.128 e. The number of nitrogens with two attached hydrogens (primary N) is 1. The van der Waals surface area contributed by atoms with Gasteiger partial charge in [-0.2, -0.15) is 0 Å². The largest absolute Gasteiger partial charge is 0.353 e. The number of rotatable bonds is 5. The van der Waals surface area contributed by atoms with E-state index < -0.39 is 0 Å². The Morgan fingerprint density at radius 2 is 2.06 bits per heavy atom. The van der Waals surface area contributed by atoms with Gasteiger partial charge in [0.15, 0.2) is 0 Å². The molecule has 1 heterocycles. The molecule has 0 aliphatic heterocycles. The fraction of sp³-hybridized carbons (Fsp3) is 0.643. The van der Waals surface area contributed by atoms with Gasteiger partial charge in [0.1, 0.15) is 5.82 Å². The molecule has 0 amide bonds. The summed E-state index contributed by atoms with van der Waals surface area (Å²) in [5.41, 5.74) is 6.94. The zero-order valence-electron chi connectivity index (χ0n) is 11.1. The van der Waals surface area contributed by atoms with Gasteiger partial charge in [-0.1, -0.05) is 19.9 Å². The molecular formula is C14H23N3. The van der Waals surface area contributed by atoms with E-state index >= 15 is 0 Å². The molecule has 3 heteroatoms. The van der Waals surface area contributed by atoms with Crippen molar-refractivity contribution < 1.29 is 0 Å². The van der Waals surface area contributed by atoms with Crippen molar-refractivity contribution in [1.29, 1.82) is 0 Å². The maximum atomic E-state index is 5.84. The summed E-state index contributed by atoms with van der Waals surface area (Å²) in [6.07, 6.45) is 4.53. The van der Waals surface area contributed by atoms with Gasteiger partial charge in [0.2, 0.25) is 0 Å². The lowest BCUT2D eigenvalue weighted by Gasteiger charge is -2.25. The standard InChI is InChI=1S/C14H23N3/c1-10(2)9-17(13-5-6-13)14-7-4-12(8-16-14)11(3)15/h4,7-8,10-11,13H,5-6,9,15H2,1-3H3/t11-/m0/s1. The van der Waals surface area contributed by atoms with E-state index in [9.17, 15) is 0 Å². The second kappa shape index (κ2) is 5.05. The quantitative estimate of drug-likeness (QED) is 0.850. The van der Waals surface area contributed by atoms with Gasteiger partial charge in [-0.25, -0.2) is 4.98 Å². The minimum Gasteiger partial charge on any atom is -0.353 e. The van der Waals surface area contributed by atoms with Crippen LogP contribution in [0.25, 0.3) is 0 Å². The molecule has 1 saturated carbocycles. The number of pyridine rings is 1. The van der Waals surface area contributed by atoms with Crippen molar-refractivity contribution in [3.63, 3.8) is 0 Å². The van der Waals surface area contributed by atoms with Gasteiger partial charge in [0, 0.05) is 24.8 Å². The molecule has 0 unspecified atom stereocenters. The maximum Gasteiger partial charge on any atom is 0.128 e. The van der Waals surface area contributed by atoms with E-state index in [4.69, 9.17) is 5.73 Å². The molecule has 94 valence electrons. The Kier molecular flexibility index (Phi) is 3.67. The van der Waals surface area contributed by atoms with Crippen LogP contribution in [0.2, 0.25) is 0 Å². The molecule has 1 atom stereocenters. The highest BCUT2D eigenvalue weighted by Crippen LogP contribution is 2.31. The second-order valence-electron chi connectivity index (χ2n) is 5.52. The highest BCUT2D eigenvalue weighted by atomic mass is 15.2. The lowest BCUT2D eigenvalue weighted by molar-refractivity contribution is 0.602. The van der Waals surface area contributed by atoms with Crippen molar-refractivity contribution in [1.82, 2.24) is 4.98 Å². The minimum atomic E-state index is 0.0658. The average molecular weight is 233 g/mol. The monoisotopic (exact) mass is 233 g/mol. The Hall–Kier alpha value is -1.09. The molecule has 1 aromatic rings. The lowest BCUT2D eigenvalue weighted by Crippen LogP contribution is -2.30. The fourth-order valence-electron chi connectivity index (χ4n) is 2.05. The molecule has 0 radical (unpaired) electrons. The Balaban J connectivity index is 2.12. The highest BCUT2D eigenvalue weighted by molar-refractivity contribution is 5.42. The van der Waals surface area contributed by atoms with Gasteiger partial charge >= 0.3 is 0 Å². The van der Waals surface area contributed by atoms with Crippen molar-refractivity contribution in [2.75, 3.05) is 11.4 Å². The summed E-state index contributed by atoms with van der Waals surface area (Å²) in [5.74, 6) is 1.77. The molecule has 1 fully saturated rings. The van der Waals surface area contributed by atoms with Crippen molar-refractivity contribution in [2.45, 2.75) is 45.7 Å². The third-order valence-corrected chi connectivity index (χ3v) is 3.14. The first-order valence-electron chi connectivity index (χ1n) is 6.56. The molecule has 1 aliphatic rings.